The maximum atomic E-state index is 12.5. The third-order valence-corrected chi connectivity index (χ3v) is 4.32. The maximum absolute atomic E-state index is 12.5. The first-order chi connectivity index (χ1) is 10.6. The van der Waals surface area contributed by atoms with Crippen molar-refractivity contribution in [2.75, 3.05) is 4.90 Å². The van der Waals surface area contributed by atoms with Gasteiger partial charge in [0.1, 0.15) is 0 Å². The summed E-state index contributed by atoms with van der Waals surface area (Å²) in [5.41, 5.74) is 1.29. The molecule has 2 aromatic rings. The van der Waals surface area contributed by atoms with E-state index in [1.165, 1.54) is 40.9 Å². The molecular weight excluding hydrogens is 322 g/mol. The van der Waals surface area contributed by atoms with E-state index in [4.69, 9.17) is 12.2 Å². The summed E-state index contributed by atoms with van der Waals surface area (Å²) in [6.45, 7) is 0. The summed E-state index contributed by atoms with van der Waals surface area (Å²) < 4.78 is 0.400. The Morgan fingerprint density at radius 1 is 1.27 bits per heavy atom. The Morgan fingerprint density at radius 3 is 2.59 bits per heavy atom. The fourth-order valence-electron chi connectivity index (χ4n) is 1.99. The molecule has 3 rings (SSSR count). The van der Waals surface area contributed by atoms with Crippen molar-refractivity contribution < 1.29 is 9.72 Å². The predicted molar refractivity (Wildman–Crippen MR) is 89.5 cm³/mol. The third-order valence-electron chi connectivity index (χ3n) is 3.02. The van der Waals surface area contributed by atoms with E-state index in [2.05, 4.69) is 4.98 Å². The summed E-state index contributed by atoms with van der Waals surface area (Å²) in [6.07, 6.45) is 3.49. The Balaban J connectivity index is 1.90. The van der Waals surface area contributed by atoms with E-state index in [1.54, 1.807) is 12.3 Å². The second-order valence-electron chi connectivity index (χ2n) is 4.42. The Labute approximate surface area is 135 Å². The van der Waals surface area contributed by atoms with Crippen molar-refractivity contribution in [3.8, 4) is 0 Å². The molecule has 0 aliphatic carbocycles. The molecule has 1 aliphatic heterocycles. The van der Waals surface area contributed by atoms with Crippen molar-refractivity contribution in [2.24, 2.45) is 0 Å². The second-order valence-corrected chi connectivity index (χ2v) is 6.09. The average Bonchev–Trinajstić information content (AvgIpc) is 3.09. The van der Waals surface area contributed by atoms with Gasteiger partial charge in [0.25, 0.3) is 11.6 Å². The van der Waals surface area contributed by atoms with Crippen molar-refractivity contribution in [2.45, 2.75) is 0 Å². The van der Waals surface area contributed by atoms with Crippen LogP contribution in [0.15, 0.2) is 47.5 Å². The summed E-state index contributed by atoms with van der Waals surface area (Å²) >= 11 is 6.44. The quantitative estimate of drug-likeness (QED) is 0.404. The van der Waals surface area contributed by atoms with Crippen molar-refractivity contribution in [3.63, 3.8) is 0 Å². The lowest BCUT2D eigenvalue weighted by molar-refractivity contribution is -0.384. The van der Waals surface area contributed by atoms with Crippen LogP contribution >= 0.6 is 24.0 Å². The summed E-state index contributed by atoms with van der Waals surface area (Å²) in [5.74, 6) is -0.238. The number of thioether (sulfide) groups is 1. The molecule has 6 nitrogen and oxygen atoms in total. The number of hydrogen-bond donors (Lipinski definition) is 1. The van der Waals surface area contributed by atoms with Gasteiger partial charge in [0.05, 0.1) is 15.5 Å². The number of nitro groups is 1. The van der Waals surface area contributed by atoms with Gasteiger partial charge in [0.2, 0.25) is 0 Å². The van der Waals surface area contributed by atoms with E-state index in [9.17, 15) is 14.9 Å². The predicted octanol–water partition coefficient (Wildman–Crippen LogP) is 3.33. The van der Waals surface area contributed by atoms with E-state index < -0.39 is 4.92 Å². The number of carbonyl (C=O) groups is 1. The van der Waals surface area contributed by atoms with Crippen molar-refractivity contribution in [3.05, 3.63) is 63.3 Å². The molecule has 1 N–H and O–H groups in total. The maximum Gasteiger partial charge on any atom is 0.270 e. The van der Waals surface area contributed by atoms with Gasteiger partial charge >= 0.3 is 0 Å². The van der Waals surface area contributed by atoms with E-state index >= 15 is 0 Å². The fraction of sp³-hybridized carbons (Fsp3) is 0. The van der Waals surface area contributed by atoms with Crippen LogP contribution in [0.5, 0.6) is 0 Å². The molecule has 1 fully saturated rings. The Morgan fingerprint density at radius 2 is 2.00 bits per heavy atom. The van der Waals surface area contributed by atoms with Crippen LogP contribution in [0, 0.1) is 10.1 Å². The standard InChI is InChI=1S/C14H9N3O3S2/c18-13-12(8-9-2-1-7-15-9)22-14(21)16(13)10-3-5-11(6-4-10)17(19)20/h1-8,15H/b12-8+. The summed E-state index contributed by atoms with van der Waals surface area (Å²) in [5, 5.41) is 10.7. The zero-order valence-electron chi connectivity index (χ0n) is 11.1. The first-order valence-corrected chi connectivity index (χ1v) is 7.44. The lowest BCUT2D eigenvalue weighted by atomic mass is 10.2. The van der Waals surface area contributed by atoms with Crippen molar-refractivity contribution in [1.29, 1.82) is 0 Å². The molecule has 0 spiro atoms. The first-order valence-electron chi connectivity index (χ1n) is 6.22. The molecule has 22 heavy (non-hydrogen) atoms. The molecule has 1 saturated heterocycles. The fourth-order valence-corrected chi connectivity index (χ4v) is 3.28. The molecule has 110 valence electrons. The van der Waals surface area contributed by atoms with Gasteiger partial charge in [-0.25, -0.2) is 0 Å². The molecule has 0 bridgehead atoms. The summed E-state index contributed by atoms with van der Waals surface area (Å²) in [4.78, 5) is 27.5. The minimum absolute atomic E-state index is 0.0314. The molecule has 1 aliphatic rings. The van der Waals surface area contributed by atoms with Crippen LogP contribution in [-0.4, -0.2) is 20.1 Å². The molecule has 0 radical (unpaired) electrons. The normalized spacial score (nSPS) is 16.5. The molecule has 1 aromatic carbocycles. The number of nitrogens with zero attached hydrogens (tertiary/aromatic N) is 2. The van der Waals surface area contributed by atoms with E-state index in [0.717, 1.165) is 5.69 Å². The molecule has 2 heterocycles. The molecule has 0 unspecified atom stereocenters. The minimum atomic E-state index is -0.487. The van der Waals surface area contributed by atoms with E-state index in [1.807, 2.05) is 12.1 Å². The van der Waals surface area contributed by atoms with Gasteiger partial charge in [-0.3, -0.25) is 19.8 Å². The van der Waals surface area contributed by atoms with Crippen LogP contribution in [0.4, 0.5) is 11.4 Å². The number of anilines is 1. The number of aromatic amines is 1. The number of amides is 1. The van der Waals surface area contributed by atoms with Gasteiger partial charge in [-0.1, -0.05) is 24.0 Å². The van der Waals surface area contributed by atoms with E-state index in [0.29, 0.717) is 14.9 Å². The lowest BCUT2D eigenvalue weighted by Crippen LogP contribution is -2.27. The number of non-ortho nitro benzene ring substituents is 1. The zero-order valence-corrected chi connectivity index (χ0v) is 12.7. The molecule has 0 atom stereocenters. The number of hydrogen-bond acceptors (Lipinski definition) is 5. The monoisotopic (exact) mass is 331 g/mol. The van der Waals surface area contributed by atoms with E-state index in [-0.39, 0.29) is 11.6 Å². The average molecular weight is 331 g/mol. The van der Waals surface area contributed by atoms with Gasteiger partial charge in [0.15, 0.2) is 4.32 Å². The molecule has 0 saturated carbocycles. The number of aromatic nitrogens is 1. The van der Waals surface area contributed by atoms with Crippen LogP contribution in [0.2, 0.25) is 0 Å². The summed E-state index contributed by atoms with van der Waals surface area (Å²) in [7, 11) is 0. The number of benzene rings is 1. The van der Waals surface area contributed by atoms with Crippen LogP contribution in [0.25, 0.3) is 6.08 Å². The molecular formula is C14H9N3O3S2. The van der Waals surface area contributed by atoms with Crippen molar-refractivity contribution in [1.82, 2.24) is 4.98 Å². The van der Waals surface area contributed by atoms with Gasteiger partial charge < -0.3 is 4.98 Å². The zero-order chi connectivity index (χ0) is 15.7. The number of carbonyl (C=O) groups excluding carboxylic acids is 1. The minimum Gasteiger partial charge on any atom is -0.362 e. The number of nitrogens with one attached hydrogen (secondary N) is 1. The highest BCUT2D eigenvalue weighted by atomic mass is 32.2. The van der Waals surface area contributed by atoms with Crippen LogP contribution in [-0.2, 0) is 4.79 Å². The van der Waals surface area contributed by atoms with Crippen LogP contribution in [0.3, 0.4) is 0 Å². The second kappa shape index (κ2) is 5.74. The number of rotatable bonds is 3. The van der Waals surface area contributed by atoms with Gasteiger partial charge in [-0.05, 0) is 30.3 Å². The Bertz CT molecular complexity index is 782. The Kier molecular flexibility index (Phi) is 3.78. The molecule has 1 aromatic heterocycles. The molecule has 8 heteroatoms. The first kappa shape index (κ1) is 14.5. The van der Waals surface area contributed by atoms with Gasteiger partial charge in [-0.2, -0.15) is 0 Å². The number of thiocarbonyl (C=S) groups is 1. The largest absolute Gasteiger partial charge is 0.362 e. The topological polar surface area (TPSA) is 79.2 Å². The van der Waals surface area contributed by atoms with Crippen LogP contribution < -0.4 is 4.90 Å². The summed E-state index contributed by atoms with van der Waals surface area (Å²) in [6, 6.07) is 9.41. The van der Waals surface area contributed by atoms with Crippen molar-refractivity contribution >= 4 is 51.7 Å². The highest BCUT2D eigenvalue weighted by Gasteiger charge is 2.33. The number of nitro benzene ring substituents is 1. The highest BCUT2D eigenvalue weighted by Crippen LogP contribution is 2.36. The smallest absolute Gasteiger partial charge is 0.270 e. The Hall–Kier alpha value is -2.45. The third kappa shape index (κ3) is 2.66. The number of H-pyrrole nitrogens is 1. The molecule has 1 amide bonds. The lowest BCUT2D eigenvalue weighted by Gasteiger charge is -2.13. The van der Waals surface area contributed by atoms with Gasteiger partial charge in [0, 0.05) is 24.0 Å². The van der Waals surface area contributed by atoms with Crippen LogP contribution in [0.1, 0.15) is 5.69 Å². The highest BCUT2D eigenvalue weighted by molar-refractivity contribution is 8.27. The van der Waals surface area contributed by atoms with Gasteiger partial charge in [-0.15, -0.1) is 0 Å². The SMILES string of the molecule is O=C1/C(=C\c2ccc[nH]2)SC(=S)N1c1ccc([N+](=O)[O-])cc1.